The molecular formula is C28H43N. The molecule has 0 atom stereocenters. The monoisotopic (exact) mass is 393 g/mol. The maximum atomic E-state index is 4.52. The van der Waals surface area contributed by atoms with Crippen molar-refractivity contribution in [1.29, 1.82) is 0 Å². The summed E-state index contributed by atoms with van der Waals surface area (Å²) >= 11 is 0. The molecule has 29 heavy (non-hydrogen) atoms. The highest BCUT2D eigenvalue weighted by Crippen LogP contribution is 2.22. The highest BCUT2D eigenvalue weighted by Gasteiger charge is 2.03. The van der Waals surface area contributed by atoms with Crippen molar-refractivity contribution in [2.24, 2.45) is 4.99 Å². The third-order valence-electron chi connectivity index (χ3n) is 3.62. The number of fused-ring (bicyclic) bond motifs is 1. The van der Waals surface area contributed by atoms with Gasteiger partial charge in [-0.05, 0) is 43.5 Å². The molecule has 2 rings (SSSR count). The summed E-state index contributed by atoms with van der Waals surface area (Å²) in [6.07, 6.45) is 8.92. The lowest BCUT2D eigenvalue weighted by Crippen LogP contribution is -1.91. The van der Waals surface area contributed by atoms with Crippen molar-refractivity contribution in [3.8, 4) is 0 Å². The topological polar surface area (TPSA) is 12.4 Å². The number of nitrogens with zero attached hydrogens (tertiary/aromatic N) is 1. The standard InChI is InChI=1S/C18H21N.C5H8.C3H8.C2H6/c1-4-11-19-17(5-2)13-16-8-6-7-15-10-9-14(3)12-18(15)16;1-4-5(2)3;1-3-2;1-2/h5-12H,4,13H2,1-3H3;4H,1-2H2,3H3;3H2,1-2H3;1-2H3/b17-5-,19-11?;;;. The predicted molar refractivity (Wildman–Crippen MR) is 137 cm³/mol. The predicted octanol–water partition coefficient (Wildman–Crippen LogP) is 9.27. The van der Waals surface area contributed by atoms with Gasteiger partial charge in [0.25, 0.3) is 0 Å². The van der Waals surface area contributed by atoms with Gasteiger partial charge < -0.3 is 0 Å². The minimum atomic E-state index is 0.897. The molecule has 0 radical (unpaired) electrons. The molecule has 0 aromatic heterocycles. The van der Waals surface area contributed by atoms with Gasteiger partial charge in [0.05, 0.1) is 0 Å². The van der Waals surface area contributed by atoms with Gasteiger partial charge in [-0.15, -0.1) is 0 Å². The zero-order valence-corrected chi connectivity index (χ0v) is 20.2. The Morgan fingerprint density at radius 2 is 1.66 bits per heavy atom. The Morgan fingerprint density at radius 3 is 2.14 bits per heavy atom. The number of aliphatic imine (C=N–C) groups is 1. The molecule has 0 N–H and O–H groups in total. The van der Waals surface area contributed by atoms with Crippen LogP contribution in [0.3, 0.4) is 0 Å². The molecule has 0 bridgehead atoms. The first kappa shape index (κ1) is 28.8. The molecule has 0 unspecified atom stereocenters. The molecule has 0 aliphatic carbocycles. The minimum Gasteiger partial charge on any atom is -0.266 e. The summed E-state index contributed by atoms with van der Waals surface area (Å²) in [5.41, 5.74) is 4.81. The maximum absolute atomic E-state index is 4.52. The first-order chi connectivity index (χ1) is 13.9. The summed E-state index contributed by atoms with van der Waals surface area (Å²) in [5.74, 6) is 0. The van der Waals surface area contributed by atoms with Gasteiger partial charge >= 0.3 is 0 Å². The van der Waals surface area contributed by atoms with Crippen molar-refractivity contribution in [2.45, 2.75) is 74.7 Å². The molecule has 160 valence electrons. The fraction of sp³-hybridized carbons (Fsp3) is 0.393. The number of hydrogen-bond acceptors (Lipinski definition) is 1. The summed E-state index contributed by atoms with van der Waals surface area (Å²) in [5, 5.41) is 2.64. The van der Waals surface area contributed by atoms with E-state index in [-0.39, 0.29) is 0 Å². The Hall–Kier alpha value is -2.41. The molecule has 0 amide bonds. The fourth-order valence-corrected chi connectivity index (χ4v) is 2.23. The molecule has 0 fully saturated rings. The second kappa shape index (κ2) is 18.9. The van der Waals surface area contributed by atoms with Crippen LogP contribution in [0.1, 0.15) is 72.4 Å². The molecule has 0 aliphatic heterocycles. The number of hydrogen-bond donors (Lipinski definition) is 0. The Labute approximate surface area is 181 Å². The molecule has 1 heteroatoms. The van der Waals surface area contributed by atoms with Crippen LogP contribution < -0.4 is 0 Å². The molecule has 0 saturated carbocycles. The number of aryl methyl sites for hydroxylation is 1. The average molecular weight is 394 g/mol. The van der Waals surface area contributed by atoms with Gasteiger partial charge in [0, 0.05) is 18.3 Å². The van der Waals surface area contributed by atoms with Crippen molar-refractivity contribution in [3.63, 3.8) is 0 Å². The van der Waals surface area contributed by atoms with Gasteiger partial charge in [-0.1, -0.05) is 114 Å². The Kier molecular flexibility index (Phi) is 18.8. The van der Waals surface area contributed by atoms with E-state index in [0.717, 1.165) is 24.1 Å². The Morgan fingerprint density at radius 1 is 1.07 bits per heavy atom. The summed E-state index contributed by atoms with van der Waals surface area (Å²) in [6, 6.07) is 13.1. The van der Waals surface area contributed by atoms with E-state index in [1.54, 1.807) is 6.08 Å². The van der Waals surface area contributed by atoms with Crippen molar-refractivity contribution in [2.75, 3.05) is 0 Å². The van der Waals surface area contributed by atoms with E-state index in [1.165, 1.54) is 28.3 Å². The third-order valence-corrected chi connectivity index (χ3v) is 3.62. The lowest BCUT2D eigenvalue weighted by atomic mass is 9.99. The lowest BCUT2D eigenvalue weighted by Gasteiger charge is -2.08. The highest BCUT2D eigenvalue weighted by atomic mass is 14.7. The van der Waals surface area contributed by atoms with Gasteiger partial charge in [-0.3, -0.25) is 4.99 Å². The van der Waals surface area contributed by atoms with Crippen LogP contribution in [0.2, 0.25) is 0 Å². The van der Waals surface area contributed by atoms with Crippen LogP contribution in [-0.2, 0) is 6.42 Å². The number of rotatable bonds is 5. The second-order valence-electron chi connectivity index (χ2n) is 6.58. The zero-order chi connectivity index (χ0) is 22.7. The summed E-state index contributed by atoms with van der Waals surface area (Å²) in [6.45, 7) is 23.5. The molecule has 0 spiro atoms. The van der Waals surface area contributed by atoms with Crippen molar-refractivity contribution >= 4 is 17.0 Å². The average Bonchev–Trinajstić information content (AvgIpc) is 2.73. The fourth-order valence-electron chi connectivity index (χ4n) is 2.23. The van der Waals surface area contributed by atoms with Crippen molar-refractivity contribution in [3.05, 3.63) is 84.1 Å². The molecule has 0 aliphatic rings. The largest absolute Gasteiger partial charge is 0.266 e. The summed E-state index contributed by atoms with van der Waals surface area (Å²) < 4.78 is 0. The van der Waals surface area contributed by atoms with Crippen LogP contribution in [0.25, 0.3) is 10.8 Å². The molecule has 2 aromatic rings. The molecule has 0 heterocycles. The molecule has 1 nitrogen and oxygen atoms in total. The quantitative estimate of drug-likeness (QED) is 0.354. The first-order valence-corrected chi connectivity index (χ1v) is 10.9. The summed E-state index contributed by atoms with van der Waals surface area (Å²) in [4.78, 5) is 4.52. The van der Waals surface area contributed by atoms with E-state index >= 15 is 0 Å². The molecular weight excluding hydrogens is 350 g/mol. The van der Waals surface area contributed by atoms with Gasteiger partial charge in [-0.25, -0.2) is 0 Å². The lowest BCUT2D eigenvalue weighted by molar-refractivity contribution is 1.09. The van der Waals surface area contributed by atoms with Crippen LogP contribution in [0.4, 0.5) is 0 Å². The van der Waals surface area contributed by atoms with Gasteiger partial charge in [0.1, 0.15) is 0 Å². The van der Waals surface area contributed by atoms with E-state index < -0.39 is 0 Å². The Balaban J connectivity index is 0. The first-order valence-electron chi connectivity index (χ1n) is 10.9. The molecule has 0 saturated heterocycles. The summed E-state index contributed by atoms with van der Waals surface area (Å²) in [7, 11) is 0. The van der Waals surface area contributed by atoms with Crippen LogP contribution in [0.15, 0.2) is 78.0 Å². The Bertz CT molecular complexity index is 763. The van der Waals surface area contributed by atoms with Crippen LogP contribution in [0, 0.1) is 6.92 Å². The van der Waals surface area contributed by atoms with Crippen LogP contribution >= 0.6 is 0 Å². The van der Waals surface area contributed by atoms with Crippen LogP contribution in [0.5, 0.6) is 0 Å². The maximum Gasteiger partial charge on any atom is 0.0401 e. The smallest absolute Gasteiger partial charge is 0.0401 e. The zero-order valence-electron chi connectivity index (χ0n) is 20.2. The van der Waals surface area contributed by atoms with E-state index in [1.807, 2.05) is 27.0 Å². The highest BCUT2D eigenvalue weighted by molar-refractivity contribution is 5.86. The van der Waals surface area contributed by atoms with Gasteiger partial charge in [0.15, 0.2) is 0 Å². The van der Waals surface area contributed by atoms with E-state index in [4.69, 9.17) is 0 Å². The third kappa shape index (κ3) is 13.4. The van der Waals surface area contributed by atoms with Crippen molar-refractivity contribution in [1.82, 2.24) is 0 Å². The molecule has 2 aromatic carbocycles. The van der Waals surface area contributed by atoms with E-state index in [0.29, 0.717) is 0 Å². The van der Waals surface area contributed by atoms with E-state index in [9.17, 15) is 0 Å². The van der Waals surface area contributed by atoms with Gasteiger partial charge in [0.2, 0.25) is 0 Å². The number of allylic oxidation sites excluding steroid dienone is 4. The minimum absolute atomic E-state index is 0.897. The second-order valence-corrected chi connectivity index (χ2v) is 6.58. The normalized spacial score (nSPS) is 10.1. The number of benzene rings is 2. The van der Waals surface area contributed by atoms with Crippen molar-refractivity contribution < 1.29 is 0 Å². The van der Waals surface area contributed by atoms with E-state index in [2.05, 4.69) is 95.2 Å². The van der Waals surface area contributed by atoms with Crippen LogP contribution in [-0.4, -0.2) is 6.21 Å². The van der Waals surface area contributed by atoms with Gasteiger partial charge in [-0.2, -0.15) is 0 Å². The SMILES string of the molecule is C/C=C(/Cc1cccc2ccc(C)cc12)N=CCC.C=CC(=C)C.CC.CCC.